The highest BCUT2D eigenvalue weighted by atomic mass is 19.3. The summed E-state index contributed by atoms with van der Waals surface area (Å²) in [5.74, 6) is -0.341. The van der Waals surface area contributed by atoms with Crippen molar-refractivity contribution in [3.05, 3.63) is 12.2 Å². The van der Waals surface area contributed by atoms with Crippen molar-refractivity contribution in [2.45, 2.75) is 44.2 Å². The van der Waals surface area contributed by atoms with Crippen LogP contribution in [0.4, 0.5) is 8.78 Å². The van der Waals surface area contributed by atoms with Crippen LogP contribution < -0.4 is 5.32 Å². The Morgan fingerprint density at radius 2 is 1.69 bits per heavy atom. The molecule has 0 aliphatic heterocycles. The first kappa shape index (κ1) is 9.13. The van der Waals surface area contributed by atoms with Gasteiger partial charge >= 0.3 is 0 Å². The maximum atomic E-state index is 12.1. The van der Waals surface area contributed by atoms with E-state index in [9.17, 15) is 8.78 Å². The lowest BCUT2D eigenvalue weighted by Crippen LogP contribution is -2.47. The molecule has 1 saturated carbocycles. The highest BCUT2D eigenvalue weighted by Crippen LogP contribution is 2.33. The third-order valence-electron chi connectivity index (χ3n) is 3.01. The molecule has 0 spiro atoms. The number of nitrogens with one attached hydrogen (secondary N) is 1. The lowest BCUT2D eigenvalue weighted by atomic mass is 9.80. The molecule has 0 bridgehead atoms. The van der Waals surface area contributed by atoms with Crippen molar-refractivity contribution in [2.75, 3.05) is 0 Å². The fourth-order valence-electron chi connectivity index (χ4n) is 2.09. The van der Waals surface area contributed by atoms with Crippen LogP contribution in [0.15, 0.2) is 12.2 Å². The number of hydrogen-bond acceptors (Lipinski definition) is 1. The molecule has 1 fully saturated rings. The Morgan fingerprint density at radius 3 is 2.23 bits per heavy atom. The maximum Gasteiger partial charge on any atom is 0.241 e. The van der Waals surface area contributed by atoms with Crippen LogP contribution in [-0.2, 0) is 0 Å². The van der Waals surface area contributed by atoms with Crippen molar-refractivity contribution in [3.8, 4) is 0 Å². The molecule has 1 N–H and O–H groups in total. The van der Waals surface area contributed by atoms with E-state index < -0.39 is 6.43 Å². The van der Waals surface area contributed by atoms with Gasteiger partial charge in [0.15, 0.2) is 0 Å². The molecule has 0 saturated heterocycles. The van der Waals surface area contributed by atoms with Gasteiger partial charge in [0.2, 0.25) is 6.43 Å². The molecule has 0 atom stereocenters. The smallest absolute Gasteiger partial charge is 0.241 e. The molecular formula is C10H15F2N. The van der Waals surface area contributed by atoms with Gasteiger partial charge in [-0.25, -0.2) is 8.78 Å². The predicted molar refractivity (Wildman–Crippen MR) is 47.8 cm³/mol. The summed E-state index contributed by atoms with van der Waals surface area (Å²) < 4.78 is 24.3. The van der Waals surface area contributed by atoms with E-state index in [1.54, 1.807) is 0 Å². The van der Waals surface area contributed by atoms with E-state index in [1.165, 1.54) is 0 Å². The van der Waals surface area contributed by atoms with Gasteiger partial charge in [0.25, 0.3) is 0 Å². The van der Waals surface area contributed by atoms with Crippen LogP contribution in [-0.4, -0.2) is 18.5 Å². The molecule has 2 rings (SSSR count). The minimum absolute atomic E-state index is 0.341. The standard InChI is InChI=1S/C10H15F2N/c11-10(12)7-5-9(6-7)13-8-3-1-2-4-8/h1-2,7-10,13H,3-6H2. The van der Waals surface area contributed by atoms with Gasteiger partial charge < -0.3 is 5.32 Å². The van der Waals surface area contributed by atoms with Gasteiger partial charge in [-0.2, -0.15) is 0 Å². The summed E-state index contributed by atoms with van der Waals surface area (Å²) in [5, 5.41) is 3.40. The Balaban J connectivity index is 1.64. The van der Waals surface area contributed by atoms with E-state index in [4.69, 9.17) is 0 Å². The molecule has 0 unspecified atom stereocenters. The molecule has 0 aromatic carbocycles. The van der Waals surface area contributed by atoms with Crippen molar-refractivity contribution in [1.29, 1.82) is 0 Å². The largest absolute Gasteiger partial charge is 0.311 e. The van der Waals surface area contributed by atoms with Crippen molar-refractivity contribution in [1.82, 2.24) is 5.32 Å². The first-order chi connectivity index (χ1) is 6.25. The highest BCUT2D eigenvalue weighted by molar-refractivity contribution is 5.00. The van der Waals surface area contributed by atoms with Gasteiger partial charge in [0, 0.05) is 18.0 Å². The van der Waals surface area contributed by atoms with Crippen LogP contribution in [0.2, 0.25) is 0 Å². The first-order valence-electron chi connectivity index (χ1n) is 4.95. The van der Waals surface area contributed by atoms with Gasteiger partial charge in [-0.1, -0.05) is 12.2 Å². The second-order valence-electron chi connectivity index (χ2n) is 4.07. The second kappa shape index (κ2) is 3.74. The van der Waals surface area contributed by atoms with Crippen LogP contribution in [0, 0.1) is 5.92 Å². The van der Waals surface area contributed by atoms with Crippen LogP contribution in [0.1, 0.15) is 25.7 Å². The molecular weight excluding hydrogens is 172 g/mol. The van der Waals surface area contributed by atoms with Crippen LogP contribution in [0.5, 0.6) is 0 Å². The van der Waals surface area contributed by atoms with E-state index in [0.717, 1.165) is 12.8 Å². The van der Waals surface area contributed by atoms with Crippen LogP contribution in [0.25, 0.3) is 0 Å². The Kier molecular flexibility index (Phi) is 2.63. The quantitative estimate of drug-likeness (QED) is 0.669. The molecule has 13 heavy (non-hydrogen) atoms. The fourth-order valence-corrected chi connectivity index (χ4v) is 2.09. The predicted octanol–water partition coefficient (Wildman–Crippen LogP) is 2.34. The number of hydrogen-bond donors (Lipinski definition) is 1. The summed E-state index contributed by atoms with van der Waals surface area (Å²) in [6.45, 7) is 0. The zero-order valence-corrected chi connectivity index (χ0v) is 7.55. The monoisotopic (exact) mass is 187 g/mol. The fraction of sp³-hybridized carbons (Fsp3) is 0.800. The molecule has 1 nitrogen and oxygen atoms in total. The number of halogens is 2. The van der Waals surface area contributed by atoms with Gasteiger partial charge in [-0.3, -0.25) is 0 Å². The van der Waals surface area contributed by atoms with Gasteiger partial charge in [0.05, 0.1) is 0 Å². The second-order valence-corrected chi connectivity index (χ2v) is 4.07. The first-order valence-corrected chi connectivity index (χ1v) is 4.95. The van der Waals surface area contributed by atoms with Crippen LogP contribution >= 0.6 is 0 Å². The topological polar surface area (TPSA) is 12.0 Å². The van der Waals surface area contributed by atoms with Crippen molar-refractivity contribution in [3.63, 3.8) is 0 Å². The third-order valence-corrected chi connectivity index (χ3v) is 3.01. The van der Waals surface area contributed by atoms with E-state index in [-0.39, 0.29) is 5.92 Å². The molecule has 3 heteroatoms. The van der Waals surface area contributed by atoms with Crippen LogP contribution in [0.3, 0.4) is 0 Å². The Hall–Kier alpha value is -0.440. The van der Waals surface area contributed by atoms with E-state index in [0.29, 0.717) is 24.9 Å². The lowest BCUT2D eigenvalue weighted by Gasteiger charge is -2.37. The number of alkyl halides is 2. The molecule has 0 aromatic rings. The minimum Gasteiger partial charge on any atom is -0.311 e. The summed E-state index contributed by atoms with van der Waals surface area (Å²) >= 11 is 0. The highest BCUT2D eigenvalue weighted by Gasteiger charge is 2.36. The van der Waals surface area contributed by atoms with Crippen molar-refractivity contribution in [2.24, 2.45) is 5.92 Å². The lowest BCUT2D eigenvalue weighted by molar-refractivity contribution is 0.0137. The van der Waals surface area contributed by atoms with E-state index >= 15 is 0 Å². The van der Waals surface area contributed by atoms with E-state index in [1.807, 2.05) is 0 Å². The molecule has 0 amide bonds. The molecule has 2 aliphatic carbocycles. The average molecular weight is 187 g/mol. The SMILES string of the molecule is FC(F)C1CC(NC2CC=CC2)C1. The van der Waals surface area contributed by atoms with E-state index in [2.05, 4.69) is 17.5 Å². The third kappa shape index (κ3) is 2.08. The molecule has 0 heterocycles. The van der Waals surface area contributed by atoms with Gasteiger partial charge in [-0.15, -0.1) is 0 Å². The molecule has 0 radical (unpaired) electrons. The zero-order chi connectivity index (χ0) is 9.26. The average Bonchev–Trinajstić information content (AvgIpc) is 2.46. The zero-order valence-electron chi connectivity index (χ0n) is 7.55. The summed E-state index contributed by atoms with van der Waals surface area (Å²) in [7, 11) is 0. The van der Waals surface area contributed by atoms with Crippen molar-refractivity contribution >= 4 is 0 Å². The number of rotatable bonds is 3. The maximum absolute atomic E-state index is 12.1. The summed E-state index contributed by atoms with van der Waals surface area (Å²) in [6.07, 6.45) is 5.65. The van der Waals surface area contributed by atoms with Crippen molar-refractivity contribution < 1.29 is 8.78 Å². The summed E-state index contributed by atoms with van der Waals surface area (Å²) in [5.41, 5.74) is 0. The van der Waals surface area contributed by atoms with Gasteiger partial charge in [0.1, 0.15) is 0 Å². The Labute approximate surface area is 77.2 Å². The summed E-state index contributed by atoms with van der Waals surface area (Å²) in [4.78, 5) is 0. The normalized spacial score (nSPS) is 34.1. The minimum atomic E-state index is -2.11. The molecule has 74 valence electrons. The molecule has 0 aromatic heterocycles. The van der Waals surface area contributed by atoms with Gasteiger partial charge in [-0.05, 0) is 25.7 Å². The summed E-state index contributed by atoms with van der Waals surface area (Å²) in [6, 6.07) is 0.868. The Morgan fingerprint density at radius 1 is 1.08 bits per heavy atom. The Bertz CT molecular complexity index is 189. The molecule has 2 aliphatic rings.